The molecule has 2 heteroatoms. The van der Waals surface area contributed by atoms with Gasteiger partial charge in [-0.1, -0.05) is 38.2 Å². The number of nitrogens with two attached hydrogens (primary N) is 1. The van der Waals surface area contributed by atoms with E-state index in [1.165, 1.54) is 0 Å². The Morgan fingerprint density at radius 1 is 1.11 bits per heavy atom. The average molecular weight is 248 g/mol. The molecule has 1 unspecified atom stereocenters. The van der Waals surface area contributed by atoms with Crippen LogP contribution in [-0.4, -0.2) is 6.04 Å². The van der Waals surface area contributed by atoms with Crippen molar-refractivity contribution < 1.29 is 0 Å². The highest BCUT2D eigenvalue weighted by molar-refractivity contribution is 4.99. The van der Waals surface area contributed by atoms with Crippen LogP contribution in [0, 0.1) is 22.7 Å². The van der Waals surface area contributed by atoms with Crippen molar-refractivity contribution in [1.29, 1.82) is 5.26 Å². The highest BCUT2D eigenvalue weighted by Gasteiger charge is 2.13. The molecule has 0 radical (unpaired) electrons. The number of allylic oxidation sites excluding steroid dienone is 3. The van der Waals surface area contributed by atoms with Crippen molar-refractivity contribution in [2.24, 2.45) is 17.1 Å². The van der Waals surface area contributed by atoms with Gasteiger partial charge < -0.3 is 5.73 Å². The van der Waals surface area contributed by atoms with Gasteiger partial charge in [0.25, 0.3) is 0 Å². The van der Waals surface area contributed by atoms with Crippen molar-refractivity contribution >= 4 is 0 Å². The van der Waals surface area contributed by atoms with Crippen LogP contribution in [0.5, 0.6) is 0 Å². The second-order valence-electron chi connectivity index (χ2n) is 5.86. The first-order valence-electron chi connectivity index (χ1n) is 6.86. The smallest absolute Gasteiger partial charge is 0.0687 e. The second kappa shape index (κ2) is 8.94. The maximum absolute atomic E-state index is 8.86. The quantitative estimate of drug-likeness (QED) is 0.517. The molecule has 2 nitrogen and oxygen atoms in total. The van der Waals surface area contributed by atoms with Gasteiger partial charge in [0.15, 0.2) is 0 Å². The summed E-state index contributed by atoms with van der Waals surface area (Å²) < 4.78 is 0. The Balaban J connectivity index is 3.66. The van der Waals surface area contributed by atoms with E-state index in [4.69, 9.17) is 11.0 Å². The first-order chi connectivity index (χ1) is 8.39. The van der Waals surface area contributed by atoms with Crippen molar-refractivity contribution in [3.63, 3.8) is 0 Å². The summed E-state index contributed by atoms with van der Waals surface area (Å²) >= 11 is 0. The molecule has 0 fully saturated rings. The third-order valence-corrected chi connectivity index (χ3v) is 3.03. The summed E-state index contributed by atoms with van der Waals surface area (Å²) in [6.07, 6.45) is 12.5. The minimum atomic E-state index is -0.240. The molecular weight excluding hydrogens is 220 g/mol. The summed E-state index contributed by atoms with van der Waals surface area (Å²) in [5.74, 6) is 0.544. The summed E-state index contributed by atoms with van der Waals surface area (Å²) in [4.78, 5) is 0. The number of hydrogen-bond donors (Lipinski definition) is 1. The fraction of sp³-hybridized carbons (Fsp3) is 0.688. The summed E-state index contributed by atoms with van der Waals surface area (Å²) in [5, 5.41) is 8.86. The van der Waals surface area contributed by atoms with Gasteiger partial charge in [0, 0.05) is 6.04 Å². The monoisotopic (exact) mass is 248 g/mol. The van der Waals surface area contributed by atoms with Gasteiger partial charge >= 0.3 is 0 Å². The molecule has 102 valence electrons. The zero-order valence-electron chi connectivity index (χ0n) is 12.3. The van der Waals surface area contributed by atoms with Gasteiger partial charge in [0.05, 0.1) is 11.5 Å². The van der Waals surface area contributed by atoms with E-state index in [0.29, 0.717) is 5.92 Å². The van der Waals surface area contributed by atoms with Crippen LogP contribution in [0.25, 0.3) is 0 Å². The lowest BCUT2D eigenvalue weighted by atomic mass is 9.91. The van der Waals surface area contributed by atoms with Crippen LogP contribution in [0.2, 0.25) is 0 Å². The Morgan fingerprint density at radius 3 is 2.17 bits per heavy atom. The molecule has 18 heavy (non-hydrogen) atoms. The normalized spacial score (nSPS) is 14.5. The lowest BCUT2D eigenvalue weighted by Gasteiger charge is -2.12. The second-order valence-corrected chi connectivity index (χ2v) is 5.86. The van der Waals surface area contributed by atoms with Crippen molar-refractivity contribution in [3.05, 3.63) is 24.3 Å². The van der Waals surface area contributed by atoms with Crippen LogP contribution in [0.3, 0.4) is 0 Å². The first kappa shape index (κ1) is 16.9. The molecule has 0 bridgehead atoms. The first-order valence-corrected chi connectivity index (χ1v) is 6.86. The van der Waals surface area contributed by atoms with Crippen LogP contribution >= 0.6 is 0 Å². The Labute approximate surface area is 113 Å². The number of rotatable bonds is 8. The summed E-state index contributed by atoms with van der Waals surface area (Å²) in [7, 11) is 0. The van der Waals surface area contributed by atoms with Gasteiger partial charge in [-0.15, -0.1) is 0 Å². The Morgan fingerprint density at radius 2 is 1.67 bits per heavy atom. The molecule has 0 aromatic rings. The molecule has 1 atom stereocenters. The standard InChI is InChI=1S/C16H28N2/c1-14(2)15(18)11-9-7-5-6-8-10-12-16(3,4)13-17/h7-10,14-15H,5-6,11-12,18H2,1-4H3. The lowest BCUT2D eigenvalue weighted by Crippen LogP contribution is -2.25. The summed E-state index contributed by atoms with van der Waals surface area (Å²) in [6.45, 7) is 8.23. The number of unbranched alkanes of at least 4 members (excludes halogenated alkanes) is 1. The molecule has 0 spiro atoms. The fourth-order valence-electron chi connectivity index (χ4n) is 1.38. The van der Waals surface area contributed by atoms with Gasteiger partial charge in [-0.3, -0.25) is 0 Å². The van der Waals surface area contributed by atoms with Gasteiger partial charge in [-0.2, -0.15) is 5.26 Å². The molecule has 0 amide bonds. The molecule has 0 saturated heterocycles. The Hall–Kier alpha value is -1.07. The van der Waals surface area contributed by atoms with E-state index in [-0.39, 0.29) is 11.5 Å². The molecule has 2 N–H and O–H groups in total. The molecule has 0 aromatic heterocycles. The number of nitriles is 1. The third kappa shape index (κ3) is 9.01. The molecule has 0 rings (SSSR count). The Bertz CT molecular complexity index is 306. The summed E-state index contributed by atoms with van der Waals surface area (Å²) in [6, 6.07) is 2.57. The highest BCUT2D eigenvalue weighted by atomic mass is 14.6. The zero-order chi connectivity index (χ0) is 14.0. The van der Waals surface area contributed by atoms with Crippen LogP contribution < -0.4 is 5.73 Å². The van der Waals surface area contributed by atoms with E-state index < -0.39 is 0 Å². The zero-order valence-corrected chi connectivity index (χ0v) is 12.3. The Kier molecular flexibility index (Phi) is 8.41. The van der Waals surface area contributed by atoms with E-state index in [1.807, 2.05) is 13.8 Å². The average Bonchev–Trinajstić information content (AvgIpc) is 2.32. The highest BCUT2D eigenvalue weighted by Crippen LogP contribution is 2.18. The van der Waals surface area contributed by atoms with Gasteiger partial charge in [-0.25, -0.2) is 0 Å². The number of nitrogens with zero attached hydrogens (tertiary/aromatic N) is 1. The minimum absolute atomic E-state index is 0.240. The predicted molar refractivity (Wildman–Crippen MR) is 79.0 cm³/mol. The van der Waals surface area contributed by atoms with E-state index >= 15 is 0 Å². The van der Waals surface area contributed by atoms with E-state index in [2.05, 4.69) is 44.2 Å². The van der Waals surface area contributed by atoms with Gasteiger partial charge in [-0.05, 0) is 45.4 Å². The molecule has 0 heterocycles. The third-order valence-electron chi connectivity index (χ3n) is 3.03. The molecule has 0 aliphatic heterocycles. The van der Waals surface area contributed by atoms with Crippen molar-refractivity contribution in [2.45, 2.75) is 59.4 Å². The van der Waals surface area contributed by atoms with Gasteiger partial charge in [0.2, 0.25) is 0 Å². The topological polar surface area (TPSA) is 49.8 Å². The van der Waals surface area contributed by atoms with Crippen molar-refractivity contribution in [1.82, 2.24) is 0 Å². The maximum Gasteiger partial charge on any atom is 0.0687 e. The summed E-state index contributed by atoms with van der Waals surface area (Å²) in [5.41, 5.74) is 5.71. The number of hydrogen-bond acceptors (Lipinski definition) is 2. The van der Waals surface area contributed by atoms with Crippen LogP contribution in [0.15, 0.2) is 24.3 Å². The van der Waals surface area contributed by atoms with Crippen LogP contribution in [-0.2, 0) is 0 Å². The van der Waals surface area contributed by atoms with Crippen LogP contribution in [0.1, 0.15) is 53.4 Å². The predicted octanol–water partition coefficient (Wildman–Crippen LogP) is 4.19. The molecule has 0 aliphatic rings. The van der Waals surface area contributed by atoms with Gasteiger partial charge in [0.1, 0.15) is 0 Å². The SMILES string of the molecule is CC(C)C(N)CC=CCCC=CCC(C)(C)C#N. The van der Waals surface area contributed by atoms with Crippen molar-refractivity contribution in [3.8, 4) is 6.07 Å². The fourth-order valence-corrected chi connectivity index (χ4v) is 1.38. The van der Waals surface area contributed by atoms with E-state index in [1.54, 1.807) is 0 Å². The minimum Gasteiger partial charge on any atom is -0.327 e. The largest absolute Gasteiger partial charge is 0.327 e. The lowest BCUT2D eigenvalue weighted by molar-refractivity contribution is 0.497. The van der Waals surface area contributed by atoms with E-state index in [9.17, 15) is 0 Å². The molecule has 0 saturated carbocycles. The molecular formula is C16H28N2. The molecule has 0 aromatic carbocycles. The van der Waals surface area contributed by atoms with Crippen LogP contribution in [0.4, 0.5) is 0 Å². The molecule has 0 aliphatic carbocycles. The van der Waals surface area contributed by atoms with Crippen molar-refractivity contribution in [2.75, 3.05) is 0 Å². The van der Waals surface area contributed by atoms with E-state index in [0.717, 1.165) is 25.7 Å². The maximum atomic E-state index is 8.86.